The molecule has 2 aliphatic rings. The molecule has 7 nitrogen and oxygen atoms in total. The van der Waals surface area contributed by atoms with Crippen LogP contribution in [-0.4, -0.2) is 54.6 Å². The summed E-state index contributed by atoms with van der Waals surface area (Å²) in [6.45, 7) is 0.278. The highest BCUT2D eigenvalue weighted by Gasteiger charge is 2.43. The van der Waals surface area contributed by atoms with Gasteiger partial charge in [-0.25, -0.2) is 0 Å². The van der Waals surface area contributed by atoms with Gasteiger partial charge in [0.2, 0.25) is 11.8 Å². The van der Waals surface area contributed by atoms with Crippen LogP contribution in [0.1, 0.15) is 22.3 Å². The normalized spacial score (nSPS) is 18.7. The Balaban J connectivity index is 1.33. The quantitative estimate of drug-likeness (QED) is 0.499. The molecule has 3 amide bonds. The molecule has 0 bridgehead atoms. The van der Waals surface area contributed by atoms with Crippen molar-refractivity contribution in [1.29, 1.82) is 0 Å². The monoisotopic (exact) mass is 501 g/mol. The molecule has 0 aromatic heterocycles. The van der Waals surface area contributed by atoms with Crippen LogP contribution in [0.25, 0.3) is 11.1 Å². The predicted octanol–water partition coefficient (Wildman–Crippen LogP) is 3.98. The number of fused-ring (bicyclic) bond motifs is 2. The van der Waals surface area contributed by atoms with E-state index in [2.05, 4.69) is 10.6 Å². The maximum absolute atomic E-state index is 13.6. The van der Waals surface area contributed by atoms with E-state index in [1.54, 1.807) is 29.8 Å². The van der Waals surface area contributed by atoms with E-state index in [4.69, 9.17) is 4.74 Å². The Bertz CT molecular complexity index is 1320. The van der Waals surface area contributed by atoms with Crippen molar-refractivity contribution in [3.63, 3.8) is 0 Å². The molecular weight excluding hydrogens is 474 g/mol. The number of amides is 3. The van der Waals surface area contributed by atoms with Crippen molar-refractivity contribution in [3.05, 3.63) is 77.9 Å². The summed E-state index contributed by atoms with van der Waals surface area (Å²) < 4.78 is 5.33. The van der Waals surface area contributed by atoms with Gasteiger partial charge in [0.05, 0.1) is 24.8 Å². The van der Waals surface area contributed by atoms with Crippen LogP contribution >= 0.6 is 11.8 Å². The van der Waals surface area contributed by atoms with Gasteiger partial charge < -0.3 is 20.3 Å². The number of rotatable bonds is 6. The van der Waals surface area contributed by atoms with Crippen LogP contribution < -0.4 is 15.4 Å². The van der Waals surface area contributed by atoms with Crippen LogP contribution in [0.15, 0.2) is 71.6 Å². The van der Waals surface area contributed by atoms with Gasteiger partial charge >= 0.3 is 0 Å². The van der Waals surface area contributed by atoms with Crippen molar-refractivity contribution < 1.29 is 19.1 Å². The molecule has 1 saturated heterocycles. The molecule has 2 N–H and O–H groups in total. The van der Waals surface area contributed by atoms with Crippen LogP contribution in [0.5, 0.6) is 5.75 Å². The van der Waals surface area contributed by atoms with E-state index in [1.807, 2.05) is 66.9 Å². The van der Waals surface area contributed by atoms with E-state index in [1.165, 1.54) is 0 Å². The predicted molar refractivity (Wildman–Crippen MR) is 140 cm³/mol. The first-order valence-electron chi connectivity index (χ1n) is 11.8. The number of benzene rings is 3. The average molecular weight is 502 g/mol. The second-order valence-corrected chi connectivity index (χ2v) is 9.82. The van der Waals surface area contributed by atoms with Crippen molar-refractivity contribution in [2.75, 3.05) is 25.2 Å². The Morgan fingerprint density at radius 3 is 2.58 bits per heavy atom. The zero-order chi connectivity index (χ0) is 25.2. The fraction of sp³-hybridized carbons (Fsp3) is 0.250. The summed E-state index contributed by atoms with van der Waals surface area (Å²) in [7, 11) is 1.57. The number of nitrogens with one attached hydrogen (secondary N) is 2. The average Bonchev–Trinajstić information content (AvgIpc) is 3.29. The van der Waals surface area contributed by atoms with Crippen molar-refractivity contribution in [1.82, 2.24) is 10.2 Å². The van der Waals surface area contributed by atoms with Gasteiger partial charge in [-0.2, -0.15) is 0 Å². The summed E-state index contributed by atoms with van der Waals surface area (Å²) >= 11 is 1.67. The molecule has 2 aliphatic heterocycles. The van der Waals surface area contributed by atoms with Gasteiger partial charge in [-0.3, -0.25) is 14.4 Å². The number of nitrogens with zero attached hydrogens (tertiary/aromatic N) is 1. The van der Waals surface area contributed by atoms with Gasteiger partial charge in [0.1, 0.15) is 11.8 Å². The summed E-state index contributed by atoms with van der Waals surface area (Å²) in [4.78, 5) is 42.0. The summed E-state index contributed by atoms with van der Waals surface area (Å²) in [5.74, 6) is 0.0301. The van der Waals surface area contributed by atoms with Crippen LogP contribution in [0.3, 0.4) is 0 Å². The summed E-state index contributed by atoms with van der Waals surface area (Å²) in [6, 6.07) is 20.1. The molecule has 36 heavy (non-hydrogen) atoms. The number of carbonyl (C=O) groups is 3. The molecule has 5 rings (SSSR count). The fourth-order valence-corrected chi connectivity index (χ4v) is 5.29. The molecule has 0 spiro atoms. The van der Waals surface area contributed by atoms with E-state index in [0.29, 0.717) is 23.4 Å². The highest BCUT2D eigenvalue weighted by atomic mass is 32.2. The minimum absolute atomic E-state index is 0.160. The van der Waals surface area contributed by atoms with E-state index < -0.39 is 6.04 Å². The maximum Gasteiger partial charge on any atom is 0.256 e. The number of carbonyl (C=O) groups excluding carboxylic acids is 3. The number of anilines is 1. The molecular formula is C28H27N3O4S. The Morgan fingerprint density at radius 1 is 1.08 bits per heavy atom. The molecule has 3 aromatic carbocycles. The Morgan fingerprint density at radius 2 is 1.83 bits per heavy atom. The smallest absolute Gasteiger partial charge is 0.256 e. The summed E-state index contributed by atoms with van der Waals surface area (Å²) in [6.07, 6.45) is 2.55. The third-order valence-electron chi connectivity index (χ3n) is 6.70. The highest BCUT2D eigenvalue weighted by molar-refractivity contribution is 7.98. The topological polar surface area (TPSA) is 87.7 Å². The second-order valence-electron chi connectivity index (χ2n) is 8.94. The maximum atomic E-state index is 13.6. The molecule has 3 aromatic rings. The first kappa shape index (κ1) is 23.9. The Kier molecular flexibility index (Phi) is 6.69. The number of ether oxygens (including phenoxy) is 1. The van der Waals surface area contributed by atoms with Gasteiger partial charge in [0.25, 0.3) is 5.91 Å². The molecule has 0 unspecified atom stereocenters. The van der Waals surface area contributed by atoms with Gasteiger partial charge in [-0.05, 0) is 54.1 Å². The van der Waals surface area contributed by atoms with E-state index in [0.717, 1.165) is 21.6 Å². The van der Waals surface area contributed by atoms with E-state index >= 15 is 0 Å². The lowest BCUT2D eigenvalue weighted by Crippen LogP contribution is -2.41. The number of para-hydroxylation sites is 1. The Labute approximate surface area is 214 Å². The Hall–Kier alpha value is -3.78. The number of hydrogen-bond acceptors (Lipinski definition) is 5. The molecule has 0 aliphatic carbocycles. The lowest BCUT2D eigenvalue weighted by molar-refractivity contribution is -0.121. The summed E-state index contributed by atoms with van der Waals surface area (Å²) in [5.41, 5.74) is 3.66. The number of methoxy groups -OCH3 is 1. The number of hydrogen-bond donors (Lipinski definition) is 2. The molecule has 2 atom stereocenters. The first-order chi connectivity index (χ1) is 17.5. The largest absolute Gasteiger partial charge is 0.496 e. The first-order valence-corrected chi connectivity index (χ1v) is 13.0. The van der Waals surface area contributed by atoms with Crippen LogP contribution in [0.4, 0.5) is 5.69 Å². The zero-order valence-corrected chi connectivity index (χ0v) is 20.9. The van der Waals surface area contributed by atoms with E-state index in [9.17, 15) is 14.4 Å². The lowest BCUT2D eigenvalue weighted by Gasteiger charge is -2.20. The molecule has 184 valence electrons. The zero-order valence-electron chi connectivity index (χ0n) is 20.1. The van der Waals surface area contributed by atoms with Crippen molar-refractivity contribution in [2.24, 2.45) is 0 Å². The standard InChI is InChI=1S/C28H27N3O4S/c1-35-25-6-4-3-5-19(25)14-26(32)29-20-15-24-27(33)30-23-12-9-18(13-22(23)28(34)31(24)16-20)17-7-10-21(36-2)11-8-17/h3-13,20,24H,14-16H2,1-2H3,(H,29,32)(H,30,33)/t20-,24-/m0/s1. The number of thioether (sulfide) groups is 1. The van der Waals surface area contributed by atoms with Crippen LogP contribution in [0, 0.1) is 0 Å². The SMILES string of the molecule is COc1ccccc1CC(=O)N[C@H]1C[C@H]2C(=O)Nc3ccc(-c4ccc(SC)cc4)cc3C(=O)N2C1. The third kappa shape index (κ3) is 4.68. The van der Waals surface area contributed by atoms with Gasteiger partial charge in [-0.15, -0.1) is 11.8 Å². The van der Waals surface area contributed by atoms with Crippen molar-refractivity contribution >= 4 is 35.2 Å². The van der Waals surface area contributed by atoms with Crippen LogP contribution in [-0.2, 0) is 16.0 Å². The molecule has 8 heteroatoms. The van der Waals surface area contributed by atoms with Crippen LogP contribution in [0.2, 0.25) is 0 Å². The second kappa shape index (κ2) is 10.1. The molecule has 0 radical (unpaired) electrons. The molecule has 0 saturated carbocycles. The van der Waals surface area contributed by atoms with Crippen molar-refractivity contribution in [2.45, 2.75) is 29.8 Å². The molecule has 1 fully saturated rings. The van der Waals surface area contributed by atoms with Gasteiger partial charge in [-0.1, -0.05) is 36.4 Å². The minimum atomic E-state index is -0.634. The highest BCUT2D eigenvalue weighted by Crippen LogP contribution is 2.33. The summed E-state index contributed by atoms with van der Waals surface area (Å²) in [5, 5.41) is 5.91. The lowest BCUT2D eigenvalue weighted by atomic mass is 10.0. The van der Waals surface area contributed by atoms with Gasteiger partial charge in [0.15, 0.2) is 0 Å². The van der Waals surface area contributed by atoms with Crippen molar-refractivity contribution in [3.8, 4) is 16.9 Å². The van der Waals surface area contributed by atoms with Gasteiger partial charge in [0, 0.05) is 23.0 Å². The minimum Gasteiger partial charge on any atom is -0.496 e. The molecule has 2 heterocycles. The fourth-order valence-electron chi connectivity index (χ4n) is 4.88. The van der Waals surface area contributed by atoms with E-state index in [-0.39, 0.29) is 36.7 Å². The third-order valence-corrected chi connectivity index (χ3v) is 7.45.